The SMILES string of the molecule is CCN=C1NC(N)(c2ccc(-n3cnc(Cl)c3)c(OC)c2)NC2=C1CCN(Cc1ccc(OC)cc1)C2c1ccc(F)cc1. The minimum Gasteiger partial charge on any atom is -0.497 e. The number of nitrogens with two attached hydrogens (primary N) is 1. The Kier molecular flexibility index (Phi) is 8.31. The van der Waals surface area contributed by atoms with Gasteiger partial charge in [0.2, 0.25) is 0 Å². The molecule has 2 aliphatic heterocycles. The molecular weight excluding hydrogens is 581 g/mol. The summed E-state index contributed by atoms with van der Waals surface area (Å²) in [7, 11) is 3.27. The lowest BCUT2D eigenvalue weighted by molar-refractivity contribution is 0.175. The number of methoxy groups -OCH3 is 2. The molecule has 228 valence electrons. The first kappa shape index (κ1) is 29.7. The fourth-order valence-electron chi connectivity index (χ4n) is 5.92. The molecule has 9 nitrogen and oxygen atoms in total. The second-order valence-corrected chi connectivity index (χ2v) is 11.2. The molecule has 2 unspecified atom stereocenters. The van der Waals surface area contributed by atoms with E-state index >= 15 is 0 Å². The molecule has 4 aromatic rings. The molecule has 3 aromatic carbocycles. The summed E-state index contributed by atoms with van der Waals surface area (Å²) < 4.78 is 27.0. The van der Waals surface area contributed by atoms with Crippen molar-refractivity contribution >= 4 is 17.4 Å². The highest BCUT2D eigenvalue weighted by molar-refractivity contribution is 6.29. The zero-order valence-electron chi connectivity index (χ0n) is 24.8. The van der Waals surface area contributed by atoms with Crippen LogP contribution >= 0.6 is 11.6 Å². The first-order valence-corrected chi connectivity index (χ1v) is 14.8. The number of nitrogens with one attached hydrogen (secondary N) is 2. The van der Waals surface area contributed by atoms with Crippen molar-refractivity contribution in [2.75, 3.05) is 27.3 Å². The van der Waals surface area contributed by atoms with Crippen molar-refractivity contribution in [3.63, 3.8) is 0 Å². The van der Waals surface area contributed by atoms with Crippen molar-refractivity contribution in [3.05, 3.63) is 118 Å². The van der Waals surface area contributed by atoms with Gasteiger partial charge in [0.05, 0.1) is 25.9 Å². The maximum Gasteiger partial charge on any atom is 0.190 e. The minimum atomic E-state index is -1.23. The van der Waals surface area contributed by atoms with E-state index in [-0.39, 0.29) is 11.9 Å². The van der Waals surface area contributed by atoms with Gasteiger partial charge in [-0.25, -0.2) is 9.37 Å². The fraction of sp³-hybridized carbons (Fsp3) is 0.273. The van der Waals surface area contributed by atoms with E-state index in [4.69, 9.17) is 31.8 Å². The zero-order valence-corrected chi connectivity index (χ0v) is 25.6. The number of hydrogen-bond acceptors (Lipinski definition) is 7. The van der Waals surface area contributed by atoms with E-state index in [0.29, 0.717) is 24.0 Å². The van der Waals surface area contributed by atoms with Crippen LogP contribution in [-0.4, -0.2) is 47.6 Å². The summed E-state index contributed by atoms with van der Waals surface area (Å²) in [5, 5.41) is 7.53. The Morgan fingerprint density at radius 3 is 2.50 bits per heavy atom. The van der Waals surface area contributed by atoms with E-state index in [1.54, 1.807) is 31.3 Å². The quantitative estimate of drug-likeness (QED) is 0.248. The molecule has 3 heterocycles. The number of hydrogen-bond donors (Lipinski definition) is 3. The highest BCUT2D eigenvalue weighted by atomic mass is 35.5. The zero-order chi connectivity index (χ0) is 30.8. The van der Waals surface area contributed by atoms with Crippen LogP contribution in [0.3, 0.4) is 0 Å². The summed E-state index contributed by atoms with van der Waals surface area (Å²) in [4.78, 5) is 11.3. The van der Waals surface area contributed by atoms with Crippen LogP contribution in [0.15, 0.2) is 95.5 Å². The monoisotopic (exact) mass is 615 g/mol. The van der Waals surface area contributed by atoms with Crippen LogP contribution in [0.2, 0.25) is 5.15 Å². The average molecular weight is 616 g/mol. The van der Waals surface area contributed by atoms with Crippen molar-refractivity contribution < 1.29 is 13.9 Å². The van der Waals surface area contributed by atoms with Gasteiger partial charge in [-0.15, -0.1) is 0 Å². The molecule has 2 aliphatic rings. The van der Waals surface area contributed by atoms with E-state index in [0.717, 1.165) is 58.2 Å². The molecule has 1 aromatic heterocycles. The van der Waals surface area contributed by atoms with Crippen LogP contribution in [0.1, 0.15) is 36.1 Å². The van der Waals surface area contributed by atoms with Gasteiger partial charge in [0, 0.05) is 42.7 Å². The Hall–Kier alpha value is -4.38. The molecule has 0 saturated heterocycles. The fourth-order valence-corrected chi connectivity index (χ4v) is 6.07. The number of ether oxygens (including phenoxy) is 2. The summed E-state index contributed by atoms with van der Waals surface area (Å²) >= 11 is 6.08. The maximum absolute atomic E-state index is 14.1. The lowest BCUT2D eigenvalue weighted by Gasteiger charge is -2.48. The number of rotatable bonds is 8. The molecule has 0 spiro atoms. The Bertz CT molecular complexity index is 1700. The molecule has 11 heteroatoms. The lowest BCUT2D eigenvalue weighted by atomic mass is 9.88. The first-order valence-electron chi connectivity index (χ1n) is 14.5. The van der Waals surface area contributed by atoms with Gasteiger partial charge < -0.3 is 24.7 Å². The highest BCUT2D eigenvalue weighted by Gasteiger charge is 2.42. The summed E-state index contributed by atoms with van der Waals surface area (Å²) in [6.07, 6.45) is 4.09. The third-order valence-corrected chi connectivity index (χ3v) is 8.25. The summed E-state index contributed by atoms with van der Waals surface area (Å²) in [5.41, 5.74) is 12.8. The minimum absolute atomic E-state index is 0.234. The third kappa shape index (κ3) is 5.76. The van der Waals surface area contributed by atoms with Crippen LogP contribution in [-0.2, 0) is 12.3 Å². The van der Waals surface area contributed by atoms with Gasteiger partial charge in [-0.2, -0.15) is 0 Å². The van der Waals surface area contributed by atoms with Gasteiger partial charge in [0.25, 0.3) is 0 Å². The van der Waals surface area contributed by atoms with E-state index in [1.807, 2.05) is 49.4 Å². The topological polar surface area (TPSA) is 102 Å². The van der Waals surface area contributed by atoms with Crippen LogP contribution in [0, 0.1) is 5.82 Å². The van der Waals surface area contributed by atoms with E-state index in [9.17, 15) is 4.39 Å². The first-order chi connectivity index (χ1) is 21.3. The maximum atomic E-state index is 14.1. The summed E-state index contributed by atoms with van der Waals surface area (Å²) in [6.45, 7) is 4.02. The average Bonchev–Trinajstić information content (AvgIpc) is 3.47. The van der Waals surface area contributed by atoms with Crippen molar-refractivity contribution in [2.24, 2.45) is 10.7 Å². The van der Waals surface area contributed by atoms with E-state index in [1.165, 1.54) is 12.1 Å². The number of aromatic nitrogens is 2. The third-order valence-electron chi connectivity index (χ3n) is 8.06. The summed E-state index contributed by atoms with van der Waals surface area (Å²) in [6, 6.07) is 20.2. The van der Waals surface area contributed by atoms with Gasteiger partial charge in [0.15, 0.2) is 5.79 Å². The number of halogens is 2. The Labute approximate surface area is 261 Å². The molecule has 6 rings (SSSR count). The van der Waals surface area contributed by atoms with E-state index in [2.05, 4.69) is 32.7 Å². The lowest BCUT2D eigenvalue weighted by Crippen LogP contribution is -2.67. The Morgan fingerprint density at radius 2 is 1.84 bits per heavy atom. The number of amidine groups is 1. The molecule has 0 radical (unpaired) electrons. The second kappa shape index (κ2) is 12.3. The molecule has 0 saturated carbocycles. The van der Waals surface area contributed by atoms with Crippen LogP contribution in [0.5, 0.6) is 11.5 Å². The second-order valence-electron chi connectivity index (χ2n) is 10.8. The van der Waals surface area contributed by atoms with Gasteiger partial charge in [0.1, 0.15) is 34.6 Å². The largest absolute Gasteiger partial charge is 0.497 e. The van der Waals surface area contributed by atoms with E-state index < -0.39 is 5.79 Å². The van der Waals surface area contributed by atoms with Crippen molar-refractivity contribution in [2.45, 2.75) is 31.7 Å². The van der Waals surface area contributed by atoms with Crippen LogP contribution in [0.4, 0.5) is 4.39 Å². The summed E-state index contributed by atoms with van der Waals surface area (Å²) in [5.74, 6) is 0.625. The number of imidazole rings is 1. The molecule has 2 atom stereocenters. The van der Waals surface area contributed by atoms with Crippen LogP contribution in [0.25, 0.3) is 5.69 Å². The van der Waals surface area contributed by atoms with Gasteiger partial charge in [-0.05, 0) is 60.9 Å². The van der Waals surface area contributed by atoms with Crippen molar-refractivity contribution in [3.8, 4) is 17.2 Å². The molecule has 0 bridgehead atoms. The molecule has 0 amide bonds. The van der Waals surface area contributed by atoms with Gasteiger partial charge in [-0.3, -0.25) is 15.6 Å². The van der Waals surface area contributed by atoms with Crippen LogP contribution < -0.4 is 25.8 Å². The molecule has 4 N–H and O–H groups in total. The standard InChI is InChI=1S/C33H35ClFN7O2/c1-4-37-32-26-15-16-41(18-21-5-12-25(43-2)13-6-21)31(22-7-10-24(35)11-8-22)30(26)39-33(36,40-32)23-9-14-27(28(17-23)44-3)42-19-29(34)38-20-42/h5-14,17,19-20,31,39H,4,15-16,18,36H2,1-3H3,(H,37,40). The van der Waals surface area contributed by atoms with Gasteiger partial charge >= 0.3 is 0 Å². The molecule has 0 fully saturated rings. The van der Waals surface area contributed by atoms with Crippen molar-refractivity contribution in [1.82, 2.24) is 25.1 Å². The number of aliphatic imine (C=N–C) groups is 1. The molecule has 44 heavy (non-hydrogen) atoms. The normalized spacial score (nSPS) is 21.0. The number of nitrogens with zero attached hydrogens (tertiary/aromatic N) is 4. The van der Waals surface area contributed by atoms with Crippen molar-refractivity contribution in [1.29, 1.82) is 0 Å². The molecular formula is C33H35ClFN7O2. The predicted molar refractivity (Wildman–Crippen MR) is 169 cm³/mol. The van der Waals surface area contributed by atoms with Gasteiger partial charge in [-0.1, -0.05) is 41.9 Å². The highest BCUT2D eigenvalue weighted by Crippen LogP contribution is 2.40. The Morgan fingerprint density at radius 1 is 1.07 bits per heavy atom. The Balaban J connectivity index is 1.42. The smallest absolute Gasteiger partial charge is 0.190 e. The predicted octanol–water partition coefficient (Wildman–Crippen LogP) is 5.26. The number of benzene rings is 3. The molecule has 0 aliphatic carbocycles.